The van der Waals surface area contributed by atoms with Gasteiger partial charge in [-0.25, -0.2) is 0 Å². The molecule has 0 spiro atoms. The van der Waals surface area contributed by atoms with Crippen LogP contribution in [0.5, 0.6) is 0 Å². The lowest BCUT2D eigenvalue weighted by Gasteiger charge is -2.16. The second-order valence-corrected chi connectivity index (χ2v) is 4.30. The average Bonchev–Trinajstić information content (AvgIpc) is 2.20. The van der Waals surface area contributed by atoms with E-state index < -0.39 is 0 Å². The SMILES string of the molecule is CN(Cc1ccc(Cl)cc1Cl)C(=O)CS. The molecule has 0 aromatic heterocycles. The number of halogens is 2. The third-order valence-electron chi connectivity index (χ3n) is 1.98. The van der Waals surface area contributed by atoms with E-state index in [9.17, 15) is 4.79 Å². The van der Waals surface area contributed by atoms with Crippen molar-refractivity contribution < 1.29 is 4.79 Å². The summed E-state index contributed by atoms with van der Waals surface area (Å²) in [5.74, 6) is 0.159. The Kier molecular flexibility index (Phi) is 4.77. The van der Waals surface area contributed by atoms with Gasteiger partial charge < -0.3 is 4.90 Å². The number of benzene rings is 1. The van der Waals surface area contributed by atoms with E-state index in [0.29, 0.717) is 16.6 Å². The van der Waals surface area contributed by atoms with E-state index in [-0.39, 0.29) is 11.7 Å². The molecular formula is C10H11Cl2NOS. The van der Waals surface area contributed by atoms with Crippen LogP contribution in [0.25, 0.3) is 0 Å². The Bertz CT molecular complexity index is 370. The lowest BCUT2D eigenvalue weighted by molar-refractivity contribution is -0.127. The van der Waals surface area contributed by atoms with Gasteiger partial charge in [-0.15, -0.1) is 0 Å². The van der Waals surface area contributed by atoms with Crippen LogP contribution in [0, 0.1) is 0 Å². The first kappa shape index (κ1) is 12.7. The van der Waals surface area contributed by atoms with Gasteiger partial charge in [0.2, 0.25) is 5.91 Å². The van der Waals surface area contributed by atoms with Gasteiger partial charge in [-0.05, 0) is 17.7 Å². The topological polar surface area (TPSA) is 20.3 Å². The Labute approximate surface area is 105 Å². The van der Waals surface area contributed by atoms with E-state index in [2.05, 4.69) is 12.6 Å². The smallest absolute Gasteiger partial charge is 0.232 e. The molecule has 1 rings (SSSR count). The van der Waals surface area contributed by atoms with Crippen LogP contribution in [-0.2, 0) is 11.3 Å². The third kappa shape index (κ3) is 3.59. The Morgan fingerprint density at radius 1 is 1.47 bits per heavy atom. The van der Waals surface area contributed by atoms with Crippen LogP contribution in [0.1, 0.15) is 5.56 Å². The molecule has 0 fully saturated rings. The van der Waals surface area contributed by atoms with E-state index in [4.69, 9.17) is 23.2 Å². The molecule has 0 unspecified atom stereocenters. The summed E-state index contributed by atoms with van der Waals surface area (Å²) < 4.78 is 0. The minimum absolute atomic E-state index is 0.0376. The number of carbonyl (C=O) groups is 1. The zero-order valence-corrected chi connectivity index (χ0v) is 10.6. The van der Waals surface area contributed by atoms with Crippen molar-refractivity contribution >= 4 is 41.7 Å². The molecule has 0 radical (unpaired) electrons. The van der Waals surface area contributed by atoms with Crippen molar-refractivity contribution in [2.75, 3.05) is 12.8 Å². The molecule has 1 aromatic carbocycles. The second kappa shape index (κ2) is 5.64. The summed E-state index contributed by atoms with van der Waals surface area (Å²) in [4.78, 5) is 12.8. The van der Waals surface area contributed by atoms with Gasteiger partial charge in [0.1, 0.15) is 0 Å². The van der Waals surface area contributed by atoms with E-state index in [0.717, 1.165) is 5.56 Å². The van der Waals surface area contributed by atoms with Gasteiger partial charge in [0, 0.05) is 23.6 Å². The van der Waals surface area contributed by atoms with Crippen molar-refractivity contribution in [1.82, 2.24) is 4.90 Å². The maximum atomic E-state index is 11.3. The highest BCUT2D eigenvalue weighted by Crippen LogP contribution is 2.21. The highest BCUT2D eigenvalue weighted by Gasteiger charge is 2.09. The van der Waals surface area contributed by atoms with E-state index in [1.165, 1.54) is 0 Å². The van der Waals surface area contributed by atoms with Crippen molar-refractivity contribution in [2.45, 2.75) is 6.54 Å². The molecule has 15 heavy (non-hydrogen) atoms. The fourth-order valence-electron chi connectivity index (χ4n) is 1.11. The summed E-state index contributed by atoms with van der Waals surface area (Å²) in [7, 11) is 1.71. The van der Waals surface area contributed by atoms with Crippen LogP contribution >= 0.6 is 35.8 Å². The normalized spacial score (nSPS) is 10.1. The Balaban J connectivity index is 2.76. The molecule has 1 aromatic rings. The Hall–Kier alpha value is -0.380. The van der Waals surface area contributed by atoms with Gasteiger partial charge in [0.05, 0.1) is 5.75 Å². The first-order chi connectivity index (χ1) is 7.04. The first-order valence-corrected chi connectivity index (χ1v) is 5.72. The van der Waals surface area contributed by atoms with Gasteiger partial charge in [-0.3, -0.25) is 4.79 Å². The average molecular weight is 264 g/mol. The second-order valence-electron chi connectivity index (χ2n) is 3.14. The number of rotatable bonds is 3. The lowest BCUT2D eigenvalue weighted by atomic mass is 10.2. The maximum absolute atomic E-state index is 11.3. The summed E-state index contributed by atoms with van der Waals surface area (Å²) in [6.07, 6.45) is 0. The summed E-state index contributed by atoms with van der Waals surface area (Å²) in [5.41, 5.74) is 0.874. The van der Waals surface area contributed by atoms with Gasteiger partial charge >= 0.3 is 0 Å². The summed E-state index contributed by atoms with van der Waals surface area (Å²) >= 11 is 15.7. The number of hydrogen-bond donors (Lipinski definition) is 1. The largest absolute Gasteiger partial charge is 0.341 e. The lowest BCUT2D eigenvalue weighted by Crippen LogP contribution is -2.27. The van der Waals surface area contributed by atoms with E-state index >= 15 is 0 Å². The molecule has 0 aliphatic rings. The molecule has 0 heterocycles. The van der Waals surface area contributed by atoms with Gasteiger partial charge in [-0.2, -0.15) is 12.6 Å². The fraction of sp³-hybridized carbons (Fsp3) is 0.300. The van der Waals surface area contributed by atoms with Crippen LogP contribution in [0.3, 0.4) is 0 Å². The van der Waals surface area contributed by atoms with Crippen LogP contribution in [0.2, 0.25) is 10.0 Å². The number of amides is 1. The van der Waals surface area contributed by atoms with Crippen molar-refractivity contribution in [3.05, 3.63) is 33.8 Å². The summed E-state index contributed by atoms with van der Waals surface area (Å²) in [6, 6.07) is 5.23. The molecule has 0 N–H and O–H groups in total. The summed E-state index contributed by atoms with van der Waals surface area (Å²) in [6.45, 7) is 0.468. The highest BCUT2D eigenvalue weighted by atomic mass is 35.5. The molecule has 0 aliphatic carbocycles. The molecule has 0 saturated heterocycles. The minimum atomic E-state index is -0.0376. The third-order valence-corrected chi connectivity index (χ3v) is 2.84. The van der Waals surface area contributed by atoms with Crippen LogP contribution in [-0.4, -0.2) is 23.6 Å². The predicted molar refractivity (Wildman–Crippen MR) is 66.8 cm³/mol. The first-order valence-electron chi connectivity index (χ1n) is 4.33. The standard InChI is InChI=1S/C10H11Cl2NOS/c1-13(10(14)6-15)5-7-2-3-8(11)4-9(7)12/h2-4,15H,5-6H2,1H3. The number of thiol groups is 1. The molecule has 0 saturated carbocycles. The summed E-state index contributed by atoms with van der Waals surface area (Å²) in [5, 5.41) is 1.16. The monoisotopic (exact) mass is 263 g/mol. The number of hydrogen-bond acceptors (Lipinski definition) is 2. The Morgan fingerprint density at radius 2 is 2.13 bits per heavy atom. The van der Waals surface area contributed by atoms with Crippen LogP contribution in [0.15, 0.2) is 18.2 Å². The quantitative estimate of drug-likeness (QED) is 0.832. The molecule has 2 nitrogen and oxygen atoms in total. The molecule has 1 amide bonds. The molecule has 82 valence electrons. The van der Waals surface area contributed by atoms with Crippen molar-refractivity contribution in [3.63, 3.8) is 0 Å². The van der Waals surface area contributed by atoms with Crippen molar-refractivity contribution in [2.24, 2.45) is 0 Å². The van der Waals surface area contributed by atoms with Crippen LogP contribution in [0.4, 0.5) is 0 Å². The molecule has 5 heteroatoms. The van der Waals surface area contributed by atoms with Gasteiger partial charge in [-0.1, -0.05) is 29.3 Å². The maximum Gasteiger partial charge on any atom is 0.232 e. The van der Waals surface area contributed by atoms with E-state index in [1.807, 2.05) is 6.07 Å². The molecule has 0 atom stereocenters. The number of carbonyl (C=O) groups excluding carboxylic acids is 1. The molecular weight excluding hydrogens is 253 g/mol. The van der Waals surface area contributed by atoms with Crippen LogP contribution < -0.4 is 0 Å². The van der Waals surface area contributed by atoms with Crippen molar-refractivity contribution in [3.8, 4) is 0 Å². The fourth-order valence-corrected chi connectivity index (χ4v) is 1.82. The predicted octanol–water partition coefficient (Wildman–Crippen LogP) is 2.88. The van der Waals surface area contributed by atoms with Crippen molar-refractivity contribution in [1.29, 1.82) is 0 Å². The highest BCUT2D eigenvalue weighted by molar-refractivity contribution is 7.81. The zero-order valence-electron chi connectivity index (χ0n) is 8.20. The zero-order chi connectivity index (χ0) is 11.4. The molecule has 0 bridgehead atoms. The Morgan fingerprint density at radius 3 is 2.67 bits per heavy atom. The van der Waals surface area contributed by atoms with E-state index in [1.54, 1.807) is 24.1 Å². The number of nitrogens with zero attached hydrogens (tertiary/aromatic N) is 1. The molecule has 0 aliphatic heterocycles. The van der Waals surface area contributed by atoms with Gasteiger partial charge in [0.25, 0.3) is 0 Å². The minimum Gasteiger partial charge on any atom is -0.341 e. The van der Waals surface area contributed by atoms with Gasteiger partial charge in [0.15, 0.2) is 0 Å².